The summed E-state index contributed by atoms with van der Waals surface area (Å²) in [6, 6.07) is 0. The second-order valence-corrected chi connectivity index (χ2v) is 4.19. The van der Waals surface area contributed by atoms with Crippen LogP contribution in [0.4, 0.5) is 4.39 Å². The Morgan fingerprint density at radius 2 is 2.08 bits per heavy atom. The van der Waals surface area contributed by atoms with E-state index in [9.17, 15) is 4.39 Å². The second kappa shape index (κ2) is 4.70. The lowest BCUT2D eigenvalue weighted by Crippen LogP contribution is -1.83. The monoisotopic (exact) mass is 201 g/mol. The third-order valence-electron chi connectivity index (χ3n) is 1.91. The number of alkyl halides is 1. The van der Waals surface area contributed by atoms with Crippen molar-refractivity contribution in [2.75, 3.05) is 0 Å². The molecule has 2 rings (SSSR count). The molecule has 0 bridgehead atoms. The van der Waals surface area contributed by atoms with Crippen LogP contribution in [0.5, 0.6) is 0 Å². The Kier molecular flexibility index (Phi) is 3.85. The zero-order valence-electron chi connectivity index (χ0n) is 8.43. The quantitative estimate of drug-likeness (QED) is 0.708. The highest BCUT2D eigenvalue weighted by Crippen LogP contribution is 2.44. The minimum absolute atomic E-state index is 0.393. The Morgan fingerprint density at radius 1 is 1.46 bits per heavy atom. The molecule has 0 atom stereocenters. The molecule has 0 N–H and O–H groups in total. The summed E-state index contributed by atoms with van der Waals surface area (Å²) in [6.07, 6.45) is 2.46. The number of nitrogens with zero attached hydrogens (tertiary/aromatic N) is 1. The number of aryl methyl sites for hydroxylation is 1. The maximum Gasteiger partial charge on any atom is 0.133 e. The van der Waals surface area contributed by atoms with E-state index in [1.807, 2.05) is 20.8 Å². The van der Waals surface area contributed by atoms with Crippen LogP contribution in [0.15, 0.2) is 0 Å². The number of thiazole rings is 1. The Labute approximate surface area is 83.0 Å². The average molecular weight is 201 g/mol. The summed E-state index contributed by atoms with van der Waals surface area (Å²) in [4.78, 5) is 5.33. The average Bonchev–Trinajstić information content (AvgIpc) is 2.93. The van der Waals surface area contributed by atoms with Crippen molar-refractivity contribution < 1.29 is 4.39 Å². The number of aromatic nitrogens is 1. The molecule has 1 aromatic heterocycles. The van der Waals surface area contributed by atoms with Crippen LogP contribution in [0, 0.1) is 6.92 Å². The zero-order valence-corrected chi connectivity index (χ0v) is 9.25. The first kappa shape index (κ1) is 10.6. The maximum absolute atomic E-state index is 12.3. The second-order valence-electron chi connectivity index (χ2n) is 2.95. The molecule has 0 aromatic carbocycles. The van der Waals surface area contributed by atoms with Crippen molar-refractivity contribution >= 4 is 11.3 Å². The fourth-order valence-electron chi connectivity index (χ4n) is 1.25. The first-order chi connectivity index (χ1) is 6.31. The highest BCUT2D eigenvalue weighted by atomic mass is 32.1. The lowest BCUT2D eigenvalue weighted by molar-refractivity contribution is 0.474. The molecule has 0 spiro atoms. The molecule has 74 valence electrons. The Hall–Kier alpha value is -0.440. The summed E-state index contributed by atoms with van der Waals surface area (Å²) in [6.45, 7) is 5.55. The van der Waals surface area contributed by atoms with Gasteiger partial charge in [0, 0.05) is 4.88 Å². The van der Waals surface area contributed by atoms with Gasteiger partial charge in [0.15, 0.2) is 0 Å². The molecule has 1 nitrogen and oxygen atoms in total. The molecule has 1 saturated carbocycles. The number of rotatable bonds is 2. The van der Waals surface area contributed by atoms with Crippen LogP contribution in [0.25, 0.3) is 0 Å². The van der Waals surface area contributed by atoms with Gasteiger partial charge in [0.1, 0.15) is 6.67 Å². The first-order valence-electron chi connectivity index (χ1n) is 4.83. The lowest BCUT2D eigenvalue weighted by Gasteiger charge is -1.91. The summed E-state index contributed by atoms with van der Waals surface area (Å²) in [7, 11) is 0. The molecule has 0 radical (unpaired) electrons. The van der Waals surface area contributed by atoms with Gasteiger partial charge in [0.05, 0.1) is 10.7 Å². The predicted molar refractivity (Wildman–Crippen MR) is 55.0 cm³/mol. The van der Waals surface area contributed by atoms with Crippen LogP contribution in [-0.4, -0.2) is 4.98 Å². The van der Waals surface area contributed by atoms with Gasteiger partial charge in [-0.3, -0.25) is 0 Å². The van der Waals surface area contributed by atoms with E-state index in [0.717, 1.165) is 5.01 Å². The third-order valence-corrected chi connectivity index (χ3v) is 3.08. The normalized spacial score (nSPS) is 15.1. The third kappa shape index (κ3) is 2.50. The zero-order chi connectivity index (χ0) is 9.84. The van der Waals surface area contributed by atoms with Crippen molar-refractivity contribution in [3.05, 3.63) is 15.6 Å². The van der Waals surface area contributed by atoms with Crippen molar-refractivity contribution in [3.63, 3.8) is 0 Å². The van der Waals surface area contributed by atoms with E-state index in [0.29, 0.717) is 11.6 Å². The Bertz CT molecular complexity index is 266. The topological polar surface area (TPSA) is 12.9 Å². The van der Waals surface area contributed by atoms with Crippen LogP contribution in [0.1, 0.15) is 48.2 Å². The molecule has 1 heterocycles. The summed E-state index contributed by atoms with van der Waals surface area (Å²) in [5, 5.41) is 1.000. The minimum atomic E-state index is -0.393. The van der Waals surface area contributed by atoms with E-state index in [1.54, 1.807) is 11.3 Å². The van der Waals surface area contributed by atoms with E-state index in [2.05, 4.69) is 4.98 Å². The molecule has 0 aliphatic heterocycles. The van der Waals surface area contributed by atoms with E-state index in [4.69, 9.17) is 0 Å². The predicted octanol–water partition coefficient (Wildman–Crippen LogP) is 3.82. The molecule has 0 amide bonds. The van der Waals surface area contributed by atoms with Gasteiger partial charge >= 0.3 is 0 Å². The highest BCUT2D eigenvalue weighted by Gasteiger charge is 2.28. The molecular weight excluding hydrogens is 185 g/mol. The molecule has 1 aliphatic rings. The maximum atomic E-state index is 12.3. The van der Waals surface area contributed by atoms with Gasteiger partial charge in [-0.2, -0.15) is 0 Å². The fourth-order valence-corrected chi connectivity index (χ4v) is 2.34. The van der Waals surface area contributed by atoms with Crippen LogP contribution in [0.3, 0.4) is 0 Å². The Balaban J connectivity index is 0.000000396. The van der Waals surface area contributed by atoms with Crippen LogP contribution < -0.4 is 0 Å². The summed E-state index contributed by atoms with van der Waals surface area (Å²) in [5.74, 6) is 0.645. The molecule has 13 heavy (non-hydrogen) atoms. The molecule has 3 heteroatoms. The fraction of sp³-hybridized carbons (Fsp3) is 0.700. The molecule has 0 unspecified atom stereocenters. The summed E-state index contributed by atoms with van der Waals surface area (Å²) < 4.78 is 12.3. The lowest BCUT2D eigenvalue weighted by atomic mass is 10.3. The summed E-state index contributed by atoms with van der Waals surface area (Å²) in [5.41, 5.74) is 0.690. The van der Waals surface area contributed by atoms with E-state index < -0.39 is 6.67 Å². The highest BCUT2D eigenvalue weighted by molar-refractivity contribution is 7.11. The molecule has 1 fully saturated rings. The van der Waals surface area contributed by atoms with Gasteiger partial charge in [-0.25, -0.2) is 9.37 Å². The van der Waals surface area contributed by atoms with Crippen molar-refractivity contribution in [3.8, 4) is 0 Å². The van der Waals surface area contributed by atoms with Crippen LogP contribution in [0.2, 0.25) is 0 Å². The number of hydrogen-bond acceptors (Lipinski definition) is 2. The van der Waals surface area contributed by atoms with E-state index in [1.165, 1.54) is 17.7 Å². The van der Waals surface area contributed by atoms with Gasteiger partial charge in [-0.15, -0.1) is 11.3 Å². The molecule has 0 saturated heterocycles. The Morgan fingerprint density at radius 3 is 2.54 bits per heavy atom. The minimum Gasteiger partial charge on any atom is -0.244 e. The van der Waals surface area contributed by atoms with Gasteiger partial charge in [-0.05, 0) is 25.7 Å². The summed E-state index contributed by atoms with van der Waals surface area (Å²) >= 11 is 1.66. The SMILES string of the molecule is CC.Cc1nc(CF)c(C2CC2)s1. The standard InChI is InChI=1S/C8H10FNS.C2H6/c1-5-10-7(4-9)8(11-5)6-2-3-6;1-2/h6H,2-4H2,1H3;1-2H3. The van der Waals surface area contributed by atoms with Crippen molar-refractivity contribution in [1.82, 2.24) is 4.98 Å². The van der Waals surface area contributed by atoms with Gasteiger partial charge in [0.25, 0.3) is 0 Å². The van der Waals surface area contributed by atoms with Crippen molar-refractivity contribution in [1.29, 1.82) is 0 Å². The van der Waals surface area contributed by atoms with Crippen LogP contribution in [-0.2, 0) is 6.67 Å². The molecular formula is C10H16FNS. The number of hydrogen-bond donors (Lipinski definition) is 0. The largest absolute Gasteiger partial charge is 0.244 e. The van der Waals surface area contributed by atoms with Crippen molar-refractivity contribution in [2.24, 2.45) is 0 Å². The first-order valence-corrected chi connectivity index (χ1v) is 5.65. The van der Waals surface area contributed by atoms with Gasteiger partial charge < -0.3 is 0 Å². The van der Waals surface area contributed by atoms with E-state index >= 15 is 0 Å². The smallest absolute Gasteiger partial charge is 0.133 e. The number of halogens is 1. The van der Waals surface area contributed by atoms with E-state index in [-0.39, 0.29) is 0 Å². The van der Waals surface area contributed by atoms with Gasteiger partial charge in [0.2, 0.25) is 0 Å². The molecule has 1 aromatic rings. The van der Waals surface area contributed by atoms with Gasteiger partial charge in [-0.1, -0.05) is 13.8 Å². The van der Waals surface area contributed by atoms with Crippen LogP contribution >= 0.6 is 11.3 Å². The molecule has 1 aliphatic carbocycles. The van der Waals surface area contributed by atoms with Crippen molar-refractivity contribution in [2.45, 2.75) is 46.2 Å².